The summed E-state index contributed by atoms with van der Waals surface area (Å²) in [6, 6.07) is 9.69. The standard InChI is InChI=1S/C31H43N7O4/c1-31(2,3)42-30(41)35-13-10-22(11-14-35)36-12-6-7-21(19-36)29(40)37-15-16-38-23(20-37)18-32-28-26(38)17-25(33-34-28)24-8-4-5-9-27(24)39/h4-5,8-9,17,21-23,39H,6-7,10-16,18-20H2,1-3H3,(H,32,34)/t21-,23-/m0/s1. The van der Waals surface area contributed by atoms with Crippen LogP contribution in [0.15, 0.2) is 30.3 Å². The average molecular weight is 578 g/mol. The maximum atomic E-state index is 13.8. The molecule has 6 rings (SSSR count). The molecule has 0 radical (unpaired) electrons. The van der Waals surface area contributed by atoms with Gasteiger partial charge >= 0.3 is 6.09 Å². The number of likely N-dealkylation sites (tertiary alicyclic amines) is 2. The lowest BCUT2D eigenvalue weighted by Gasteiger charge is -2.47. The maximum Gasteiger partial charge on any atom is 0.410 e. The summed E-state index contributed by atoms with van der Waals surface area (Å²) in [5, 5.41) is 22.5. The molecule has 42 heavy (non-hydrogen) atoms. The van der Waals surface area contributed by atoms with Crippen LogP contribution in [0.5, 0.6) is 5.75 Å². The van der Waals surface area contributed by atoms with E-state index in [9.17, 15) is 14.7 Å². The van der Waals surface area contributed by atoms with Crippen molar-refractivity contribution in [3.8, 4) is 17.0 Å². The number of rotatable bonds is 3. The molecular weight excluding hydrogens is 534 g/mol. The molecule has 1 aromatic carbocycles. The molecule has 3 fully saturated rings. The number of carbonyl (C=O) groups is 2. The van der Waals surface area contributed by atoms with Gasteiger partial charge in [0.1, 0.15) is 11.4 Å². The van der Waals surface area contributed by atoms with Crippen molar-refractivity contribution in [2.24, 2.45) is 5.92 Å². The fourth-order valence-corrected chi connectivity index (χ4v) is 6.85. The largest absolute Gasteiger partial charge is 0.507 e. The van der Waals surface area contributed by atoms with Crippen LogP contribution in [0.3, 0.4) is 0 Å². The van der Waals surface area contributed by atoms with Gasteiger partial charge in [0.15, 0.2) is 5.82 Å². The lowest BCUT2D eigenvalue weighted by Crippen LogP contribution is -2.60. The molecule has 2 amide bonds. The van der Waals surface area contributed by atoms with E-state index in [1.54, 1.807) is 12.1 Å². The minimum Gasteiger partial charge on any atom is -0.507 e. The van der Waals surface area contributed by atoms with Gasteiger partial charge in [-0.15, -0.1) is 10.2 Å². The molecule has 0 aliphatic carbocycles. The molecular formula is C31H43N7O4. The van der Waals surface area contributed by atoms with E-state index in [1.807, 2.05) is 43.9 Å². The molecule has 2 N–H and O–H groups in total. The van der Waals surface area contributed by atoms with Crippen molar-refractivity contribution in [1.29, 1.82) is 0 Å². The summed E-state index contributed by atoms with van der Waals surface area (Å²) in [4.78, 5) is 35.0. The number of hydrogen-bond donors (Lipinski definition) is 2. The predicted octanol–water partition coefficient (Wildman–Crippen LogP) is 3.40. The Labute approximate surface area is 247 Å². The molecule has 2 atom stereocenters. The molecule has 0 spiro atoms. The van der Waals surface area contributed by atoms with Gasteiger partial charge in [-0.3, -0.25) is 9.69 Å². The zero-order valence-electron chi connectivity index (χ0n) is 25.0. The molecule has 0 unspecified atom stereocenters. The molecule has 3 saturated heterocycles. The number of piperidine rings is 2. The number of phenolic OH excluding ortho intramolecular Hbond substituents is 1. The Morgan fingerprint density at radius 2 is 1.74 bits per heavy atom. The number of benzene rings is 1. The molecule has 226 valence electrons. The molecule has 0 saturated carbocycles. The SMILES string of the molecule is CC(C)(C)OC(=O)N1CCC(N2CCC[C@H](C(=O)N3CCN4c5cc(-c6ccccc6O)nnc5NC[C@H]4C3)C2)CC1. The number of nitrogens with zero attached hydrogens (tertiary/aromatic N) is 6. The van der Waals surface area contributed by atoms with E-state index < -0.39 is 5.60 Å². The van der Waals surface area contributed by atoms with Crippen LogP contribution in [0.1, 0.15) is 46.5 Å². The third-order valence-corrected chi connectivity index (χ3v) is 9.00. The van der Waals surface area contributed by atoms with Crippen molar-refractivity contribution in [3.63, 3.8) is 0 Å². The van der Waals surface area contributed by atoms with E-state index in [-0.39, 0.29) is 29.7 Å². The third kappa shape index (κ3) is 5.97. The van der Waals surface area contributed by atoms with E-state index >= 15 is 0 Å². The first kappa shape index (κ1) is 28.5. The zero-order chi connectivity index (χ0) is 29.4. The van der Waals surface area contributed by atoms with Crippen LogP contribution >= 0.6 is 0 Å². The van der Waals surface area contributed by atoms with Crippen LogP contribution in [0.25, 0.3) is 11.3 Å². The first-order chi connectivity index (χ1) is 20.2. The van der Waals surface area contributed by atoms with Crippen LogP contribution < -0.4 is 10.2 Å². The molecule has 2 aromatic rings. The van der Waals surface area contributed by atoms with Crippen LogP contribution in [0, 0.1) is 5.92 Å². The highest BCUT2D eigenvalue weighted by molar-refractivity contribution is 5.81. The number of aromatic hydroxyl groups is 1. The number of phenols is 1. The molecule has 4 aliphatic rings. The summed E-state index contributed by atoms with van der Waals surface area (Å²) in [5.41, 5.74) is 1.77. The summed E-state index contributed by atoms with van der Waals surface area (Å²) in [6.45, 7) is 11.7. The van der Waals surface area contributed by atoms with Crippen molar-refractivity contribution < 1.29 is 19.4 Å². The van der Waals surface area contributed by atoms with Gasteiger partial charge in [0, 0.05) is 57.4 Å². The van der Waals surface area contributed by atoms with Crippen molar-refractivity contribution in [3.05, 3.63) is 30.3 Å². The van der Waals surface area contributed by atoms with Gasteiger partial charge in [0.2, 0.25) is 5.91 Å². The highest BCUT2D eigenvalue weighted by Gasteiger charge is 2.39. The Morgan fingerprint density at radius 3 is 2.50 bits per heavy atom. The van der Waals surface area contributed by atoms with Gasteiger partial charge in [-0.05, 0) is 71.2 Å². The summed E-state index contributed by atoms with van der Waals surface area (Å²) in [5.74, 6) is 1.19. The molecule has 5 heterocycles. The topological polar surface area (TPSA) is 114 Å². The fraction of sp³-hybridized carbons (Fsp3) is 0.613. The van der Waals surface area contributed by atoms with Crippen molar-refractivity contribution in [2.75, 3.05) is 62.6 Å². The molecule has 1 aromatic heterocycles. The van der Waals surface area contributed by atoms with E-state index in [0.717, 1.165) is 56.8 Å². The number of anilines is 2. The predicted molar refractivity (Wildman–Crippen MR) is 160 cm³/mol. The first-order valence-corrected chi connectivity index (χ1v) is 15.3. The number of amides is 2. The molecule has 4 aliphatic heterocycles. The van der Waals surface area contributed by atoms with Gasteiger partial charge < -0.3 is 29.9 Å². The lowest BCUT2D eigenvalue weighted by molar-refractivity contribution is -0.138. The minimum atomic E-state index is -0.486. The average Bonchev–Trinajstić information content (AvgIpc) is 2.99. The highest BCUT2D eigenvalue weighted by atomic mass is 16.6. The number of aromatic nitrogens is 2. The summed E-state index contributed by atoms with van der Waals surface area (Å²) in [7, 11) is 0. The molecule has 0 bridgehead atoms. The van der Waals surface area contributed by atoms with Gasteiger partial charge in [-0.25, -0.2) is 4.79 Å². The van der Waals surface area contributed by atoms with Gasteiger partial charge in [-0.2, -0.15) is 0 Å². The van der Waals surface area contributed by atoms with Gasteiger partial charge in [-0.1, -0.05) is 12.1 Å². The number of piperazine rings is 1. The Bertz CT molecular complexity index is 1310. The summed E-state index contributed by atoms with van der Waals surface area (Å²) < 4.78 is 5.56. The normalized spacial score (nSPS) is 23.5. The minimum absolute atomic E-state index is 0.0107. The number of para-hydroxylation sites is 1. The molecule has 11 nitrogen and oxygen atoms in total. The van der Waals surface area contributed by atoms with E-state index in [0.29, 0.717) is 50.0 Å². The Morgan fingerprint density at radius 1 is 0.952 bits per heavy atom. The number of ether oxygens (including phenoxy) is 1. The first-order valence-electron chi connectivity index (χ1n) is 15.3. The quantitative estimate of drug-likeness (QED) is 0.567. The van der Waals surface area contributed by atoms with Crippen LogP contribution in [-0.2, 0) is 9.53 Å². The second-order valence-corrected chi connectivity index (χ2v) is 13.0. The second-order valence-electron chi connectivity index (χ2n) is 13.0. The van der Waals surface area contributed by atoms with Gasteiger partial charge in [0.25, 0.3) is 0 Å². The zero-order valence-corrected chi connectivity index (χ0v) is 25.0. The Kier molecular flexibility index (Phi) is 7.87. The maximum absolute atomic E-state index is 13.8. The van der Waals surface area contributed by atoms with Gasteiger partial charge in [0.05, 0.1) is 23.3 Å². The lowest BCUT2D eigenvalue weighted by atomic mass is 9.92. The van der Waals surface area contributed by atoms with Crippen molar-refractivity contribution >= 4 is 23.5 Å². The summed E-state index contributed by atoms with van der Waals surface area (Å²) >= 11 is 0. The Balaban J connectivity index is 1.05. The number of nitrogens with one attached hydrogen (secondary N) is 1. The Hall–Kier alpha value is -3.60. The number of hydrogen-bond acceptors (Lipinski definition) is 9. The van der Waals surface area contributed by atoms with Crippen LogP contribution in [-0.4, -0.2) is 112 Å². The van der Waals surface area contributed by atoms with Crippen LogP contribution in [0.4, 0.5) is 16.3 Å². The van der Waals surface area contributed by atoms with E-state index in [4.69, 9.17) is 4.74 Å². The van der Waals surface area contributed by atoms with Crippen LogP contribution in [0.2, 0.25) is 0 Å². The van der Waals surface area contributed by atoms with Crippen molar-refractivity contribution in [2.45, 2.75) is 64.1 Å². The van der Waals surface area contributed by atoms with Crippen molar-refractivity contribution in [1.82, 2.24) is 24.9 Å². The number of carbonyl (C=O) groups excluding carboxylic acids is 2. The van der Waals surface area contributed by atoms with E-state index in [2.05, 4.69) is 30.2 Å². The fourth-order valence-electron chi connectivity index (χ4n) is 6.85. The summed E-state index contributed by atoms with van der Waals surface area (Å²) in [6.07, 6.45) is 3.55. The number of fused-ring (bicyclic) bond motifs is 3. The third-order valence-electron chi connectivity index (χ3n) is 9.00. The molecule has 11 heteroatoms. The second kappa shape index (κ2) is 11.6. The smallest absolute Gasteiger partial charge is 0.410 e. The monoisotopic (exact) mass is 577 g/mol. The van der Waals surface area contributed by atoms with E-state index in [1.165, 1.54) is 0 Å². The highest BCUT2D eigenvalue weighted by Crippen LogP contribution is 2.36.